The van der Waals surface area contributed by atoms with Gasteiger partial charge in [-0.15, -0.1) is 0 Å². The maximum atomic E-state index is 5.68. The van der Waals surface area contributed by atoms with E-state index in [1.807, 2.05) is 0 Å². The zero-order valence-corrected chi connectivity index (χ0v) is 10.9. The molecular weight excluding hydrogens is 226 g/mol. The molecule has 3 atom stereocenters. The van der Waals surface area contributed by atoms with Gasteiger partial charge in [0.2, 0.25) is 0 Å². The van der Waals surface area contributed by atoms with Gasteiger partial charge in [-0.3, -0.25) is 0 Å². The van der Waals surface area contributed by atoms with Gasteiger partial charge in [-0.05, 0) is 30.9 Å². The van der Waals surface area contributed by atoms with Gasteiger partial charge in [0.15, 0.2) is 0 Å². The van der Waals surface area contributed by atoms with Gasteiger partial charge < -0.3 is 14.8 Å². The van der Waals surface area contributed by atoms with Crippen LogP contribution in [0.2, 0.25) is 0 Å². The van der Waals surface area contributed by atoms with Crippen LogP contribution in [0.1, 0.15) is 36.9 Å². The van der Waals surface area contributed by atoms with Crippen LogP contribution in [-0.4, -0.2) is 25.4 Å². The predicted molar refractivity (Wildman–Crippen MR) is 70.4 cm³/mol. The highest BCUT2D eigenvalue weighted by Crippen LogP contribution is 2.26. The molecule has 2 heterocycles. The van der Waals surface area contributed by atoms with Crippen LogP contribution in [0.25, 0.3) is 0 Å². The fraction of sp³-hybridized carbons (Fsp3) is 0.600. The van der Waals surface area contributed by atoms with E-state index in [-0.39, 0.29) is 0 Å². The van der Waals surface area contributed by atoms with E-state index in [1.165, 1.54) is 11.1 Å². The van der Waals surface area contributed by atoms with Crippen molar-refractivity contribution in [2.45, 2.75) is 44.6 Å². The molecule has 1 fully saturated rings. The van der Waals surface area contributed by atoms with E-state index in [0.717, 1.165) is 32.7 Å². The first-order chi connectivity index (χ1) is 8.83. The van der Waals surface area contributed by atoms with Crippen LogP contribution in [0.15, 0.2) is 24.3 Å². The van der Waals surface area contributed by atoms with E-state index >= 15 is 0 Å². The lowest BCUT2D eigenvalue weighted by atomic mass is 9.96. The molecular formula is C15H21NO2. The van der Waals surface area contributed by atoms with E-state index in [0.29, 0.717) is 18.2 Å². The number of hydrogen-bond acceptors (Lipinski definition) is 3. The highest BCUT2D eigenvalue weighted by atomic mass is 16.5. The minimum Gasteiger partial charge on any atom is -0.378 e. The third-order valence-electron chi connectivity index (χ3n) is 3.89. The van der Waals surface area contributed by atoms with Crippen molar-refractivity contribution < 1.29 is 9.47 Å². The highest BCUT2D eigenvalue weighted by molar-refractivity contribution is 5.31. The summed E-state index contributed by atoms with van der Waals surface area (Å²) < 4.78 is 11.3. The first-order valence-corrected chi connectivity index (χ1v) is 6.86. The summed E-state index contributed by atoms with van der Waals surface area (Å²) in [6.45, 7) is 4.55. The summed E-state index contributed by atoms with van der Waals surface area (Å²) in [5, 5.41) is 3.74. The van der Waals surface area contributed by atoms with Gasteiger partial charge in [0.05, 0.1) is 25.4 Å². The van der Waals surface area contributed by atoms with E-state index < -0.39 is 0 Å². The fourth-order valence-electron chi connectivity index (χ4n) is 2.95. The Morgan fingerprint density at radius 1 is 1.28 bits per heavy atom. The molecule has 0 radical (unpaired) electrons. The standard InChI is InChI=1S/C15H21NO2/c1-11-8-13(6-7-18-11)16-15-10-17-9-12-4-2-3-5-14(12)15/h2-5,11,13,15-16H,6-10H2,1H3. The molecule has 18 heavy (non-hydrogen) atoms. The average Bonchev–Trinajstić information content (AvgIpc) is 2.39. The van der Waals surface area contributed by atoms with Crippen LogP contribution in [0.3, 0.4) is 0 Å². The number of ether oxygens (including phenoxy) is 2. The van der Waals surface area contributed by atoms with Crippen LogP contribution in [0.4, 0.5) is 0 Å². The number of nitrogens with one attached hydrogen (secondary N) is 1. The average molecular weight is 247 g/mol. The van der Waals surface area contributed by atoms with E-state index in [4.69, 9.17) is 9.47 Å². The van der Waals surface area contributed by atoms with Crippen molar-refractivity contribution in [1.29, 1.82) is 0 Å². The van der Waals surface area contributed by atoms with Gasteiger partial charge in [-0.1, -0.05) is 24.3 Å². The van der Waals surface area contributed by atoms with E-state index in [2.05, 4.69) is 36.5 Å². The van der Waals surface area contributed by atoms with E-state index in [9.17, 15) is 0 Å². The third-order valence-corrected chi connectivity index (χ3v) is 3.89. The predicted octanol–water partition coefficient (Wildman–Crippen LogP) is 2.42. The summed E-state index contributed by atoms with van der Waals surface area (Å²) >= 11 is 0. The Bertz CT molecular complexity index is 407. The van der Waals surface area contributed by atoms with Crippen LogP contribution in [-0.2, 0) is 16.1 Å². The number of fused-ring (bicyclic) bond motifs is 1. The van der Waals surface area contributed by atoms with Crippen LogP contribution in [0.5, 0.6) is 0 Å². The maximum absolute atomic E-state index is 5.68. The monoisotopic (exact) mass is 247 g/mol. The second kappa shape index (κ2) is 5.39. The molecule has 0 amide bonds. The second-order valence-corrected chi connectivity index (χ2v) is 5.34. The molecule has 0 saturated carbocycles. The molecule has 1 aromatic rings. The van der Waals surface area contributed by atoms with Gasteiger partial charge in [0.25, 0.3) is 0 Å². The molecule has 3 nitrogen and oxygen atoms in total. The van der Waals surface area contributed by atoms with Crippen LogP contribution < -0.4 is 5.32 Å². The number of rotatable bonds is 2. The summed E-state index contributed by atoms with van der Waals surface area (Å²) in [6, 6.07) is 9.47. The van der Waals surface area contributed by atoms with Gasteiger partial charge in [0.1, 0.15) is 0 Å². The van der Waals surface area contributed by atoms with Crippen molar-refractivity contribution in [3.05, 3.63) is 35.4 Å². The van der Waals surface area contributed by atoms with Crippen molar-refractivity contribution in [3.8, 4) is 0 Å². The van der Waals surface area contributed by atoms with Crippen molar-refractivity contribution in [3.63, 3.8) is 0 Å². The minimum atomic E-state index is 0.338. The molecule has 3 heteroatoms. The zero-order valence-electron chi connectivity index (χ0n) is 10.9. The molecule has 0 bridgehead atoms. The van der Waals surface area contributed by atoms with Gasteiger partial charge >= 0.3 is 0 Å². The Labute approximate surface area is 108 Å². The van der Waals surface area contributed by atoms with E-state index in [1.54, 1.807) is 0 Å². The van der Waals surface area contributed by atoms with Crippen LogP contribution >= 0.6 is 0 Å². The third kappa shape index (κ3) is 2.58. The largest absolute Gasteiger partial charge is 0.378 e. The molecule has 0 aliphatic carbocycles. The normalized spacial score (nSPS) is 31.9. The summed E-state index contributed by atoms with van der Waals surface area (Å²) in [5.41, 5.74) is 2.73. The van der Waals surface area contributed by atoms with Gasteiger partial charge in [0, 0.05) is 12.6 Å². The summed E-state index contributed by atoms with van der Waals surface area (Å²) in [4.78, 5) is 0. The minimum absolute atomic E-state index is 0.338. The highest BCUT2D eigenvalue weighted by Gasteiger charge is 2.25. The zero-order chi connectivity index (χ0) is 12.4. The van der Waals surface area contributed by atoms with Crippen molar-refractivity contribution in [2.24, 2.45) is 0 Å². The quantitative estimate of drug-likeness (QED) is 0.870. The molecule has 3 unspecified atom stereocenters. The first-order valence-electron chi connectivity index (χ1n) is 6.86. The molecule has 0 spiro atoms. The second-order valence-electron chi connectivity index (χ2n) is 5.34. The smallest absolute Gasteiger partial charge is 0.0721 e. The summed E-state index contributed by atoms with van der Waals surface area (Å²) in [7, 11) is 0. The molecule has 2 aliphatic heterocycles. The van der Waals surface area contributed by atoms with Crippen LogP contribution in [0, 0.1) is 0 Å². The molecule has 2 aliphatic rings. The molecule has 1 aromatic carbocycles. The lowest BCUT2D eigenvalue weighted by molar-refractivity contribution is 0.00491. The van der Waals surface area contributed by atoms with Crippen molar-refractivity contribution in [2.75, 3.05) is 13.2 Å². The fourth-order valence-corrected chi connectivity index (χ4v) is 2.95. The lowest BCUT2D eigenvalue weighted by Crippen LogP contribution is -2.42. The summed E-state index contributed by atoms with van der Waals surface area (Å²) in [5.74, 6) is 0. The van der Waals surface area contributed by atoms with Gasteiger partial charge in [-0.25, -0.2) is 0 Å². The molecule has 98 valence electrons. The number of hydrogen-bond donors (Lipinski definition) is 1. The lowest BCUT2D eigenvalue weighted by Gasteiger charge is -2.34. The SMILES string of the molecule is CC1CC(NC2COCc3ccccc32)CCO1. The Hall–Kier alpha value is -0.900. The summed E-state index contributed by atoms with van der Waals surface area (Å²) in [6.07, 6.45) is 2.57. The number of benzene rings is 1. The first kappa shape index (κ1) is 12.2. The topological polar surface area (TPSA) is 30.5 Å². The maximum Gasteiger partial charge on any atom is 0.0721 e. The Morgan fingerprint density at radius 2 is 2.17 bits per heavy atom. The Balaban J connectivity index is 1.70. The Kier molecular flexibility index (Phi) is 3.64. The molecule has 0 aromatic heterocycles. The molecule has 1 saturated heterocycles. The Morgan fingerprint density at radius 3 is 3.06 bits per heavy atom. The van der Waals surface area contributed by atoms with Crippen molar-refractivity contribution >= 4 is 0 Å². The van der Waals surface area contributed by atoms with Gasteiger partial charge in [-0.2, -0.15) is 0 Å². The van der Waals surface area contributed by atoms with Crippen molar-refractivity contribution in [1.82, 2.24) is 5.32 Å². The molecule has 1 N–H and O–H groups in total. The molecule has 3 rings (SSSR count).